The first-order chi connectivity index (χ1) is 9.06. The van der Waals surface area contributed by atoms with E-state index in [0.29, 0.717) is 0 Å². The molecule has 0 saturated heterocycles. The zero-order valence-corrected chi connectivity index (χ0v) is 10.4. The molecule has 0 spiro atoms. The number of rotatable bonds is 2. The number of hydrogen-bond acceptors (Lipinski definition) is 4. The van der Waals surface area contributed by atoms with Gasteiger partial charge in [-0.15, -0.1) is 0 Å². The third-order valence-corrected chi connectivity index (χ3v) is 2.40. The van der Waals surface area contributed by atoms with Crippen molar-refractivity contribution in [1.82, 2.24) is 9.97 Å². The molecule has 0 fully saturated rings. The van der Waals surface area contributed by atoms with E-state index < -0.39 is 17.1 Å². The summed E-state index contributed by atoms with van der Waals surface area (Å²) < 4.78 is 0. The van der Waals surface area contributed by atoms with Gasteiger partial charge in [0, 0.05) is 5.69 Å². The van der Waals surface area contributed by atoms with Crippen molar-refractivity contribution < 1.29 is 5.11 Å². The van der Waals surface area contributed by atoms with Gasteiger partial charge in [0.15, 0.2) is 10.8 Å². The van der Waals surface area contributed by atoms with Crippen molar-refractivity contribution in [2.75, 3.05) is 10.6 Å². The van der Waals surface area contributed by atoms with Crippen molar-refractivity contribution in [3.8, 4) is 5.88 Å². The number of aromatic hydroxyl groups is 1. The number of hydrogen-bond donors (Lipinski definition) is 5. The molecular formula is C11H10N4O3S. The van der Waals surface area contributed by atoms with Gasteiger partial charge in [-0.2, -0.15) is 0 Å². The van der Waals surface area contributed by atoms with Crippen molar-refractivity contribution in [3.63, 3.8) is 0 Å². The fraction of sp³-hybridized carbons (Fsp3) is 0. The first-order valence-corrected chi connectivity index (χ1v) is 5.65. The zero-order valence-electron chi connectivity index (χ0n) is 9.56. The summed E-state index contributed by atoms with van der Waals surface area (Å²) in [6.07, 6.45) is 0. The maximum atomic E-state index is 11.5. The third kappa shape index (κ3) is 3.19. The van der Waals surface area contributed by atoms with Gasteiger partial charge in [-0.25, -0.2) is 4.79 Å². The molecule has 1 aromatic carbocycles. The second-order valence-corrected chi connectivity index (χ2v) is 3.99. The van der Waals surface area contributed by atoms with E-state index in [-0.39, 0.29) is 10.8 Å². The van der Waals surface area contributed by atoms with Gasteiger partial charge < -0.3 is 15.7 Å². The van der Waals surface area contributed by atoms with Crippen molar-refractivity contribution in [3.05, 3.63) is 51.2 Å². The molecule has 8 heteroatoms. The van der Waals surface area contributed by atoms with Crippen LogP contribution in [0.3, 0.4) is 0 Å². The van der Waals surface area contributed by atoms with Gasteiger partial charge in [0.2, 0.25) is 5.88 Å². The fourth-order valence-corrected chi connectivity index (χ4v) is 1.61. The van der Waals surface area contributed by atoms with Crippen LogP contribution in [0.2, 0.25) is 0 Å². The summed E-state index contributed by atoms with van der Waals surface area (Å²) in [7, 11) is 0. The minimum absolute atomic E-state index is 0.110. The number of aromatic nitrogens is 2. The van der Waals surface area contributed by atoms with Crippen LogP contribution in [0.15, 0.2) is 39.9 Å². The number of para-hydroxylation sites is 1. The highest BCUT2D eigenvalue weighted by molar-refractivity contribution is 7.80. The van der Waals surface area contributed by atoms with E-state index in [4.69, 9.17) is 12.2 Å². The number of benzene rings is 1. The molecule has 0 saturated carbocycles. The summed E-state index contributed by atoms with van der Waals surface area (Å²) in [5, 5.41) is 14.9. The predicted octanol–water partition coefficient (Wildman–Crippen LogP) is 0.578. The molecule has 98 valence electrons. The first-order valence-electron chi connectivity index (χ1n) is 5.25. The van der Waals surface area contributed by atoms with E-state index in [9.17, 15) is 14.7 Å². The molecule has 0 aliphatic rings. The van der Waals surface area contributed by atoms with Crippen LogP contribution in [0.4, 0.5) is 11.4 Å². The van der Waals surface area contributed by atoms with Crippen LogP contribution in [0.5, 0.6) is 5.88 Å². The Morgan fingerprint density at radius 1 is 1.11 bits per heavy atom. The van der Waals surface area contributed by atoms with Gasteiger partial charge in [0.05, 0.1) is 0 Å². The summed E-state index contributed by atoms with van der Waals surface area (Å²) in [6.45, 7) is 0. The monoisotopic (exact) mass is 278 g/mol. The van der Waals surface area contributed by atoms with Crippen molar-refractivity contribution in [1.29, 1.82) is 0 Å². The first kappa shape index (κ1) is 12.8. The molecule has 0 bridgehead atoms. The Morgan fingerprint density at radius 2 is 1.79 bits per heavy atom. The van der Waals surface area contributed by atoms with E-state index in [1.54, 1.807) is 12.1 Å². The Hall–Kier alpha value is -2.61. The van der Waals surface area contributed by atoms with E-state index in [1.807, 2.05) is 28.2 Å². The van der Waals surface area contributed by atoms with E-state index >= 15 is 0 Å². The third-order valence-electron chi connectivity index (χ3n) is 2.19. The van der Waals surface area contributed by atoms with Gasteiger partial charge in [0.25, 0.3) is 5.56 Å². The Bertz CT molecular complexity index is 708. The van der Waals surface area contributed by atoms with Crippen LogP contribution in [-0.2, 0) is 0 Å². The summed E-state index contributed by atoms with van der Waals surface area (Å²) in [5.74, 6) is -0.578. The van der Waals surface area contributed by atoms with Gasteiger partial charge in [0.1, 0.15) is 0 Å². The lowest BCUT2D eigenvalue weighted by atomic mass is 10.3. The summed E-state index contributed by atoms with van der Waals surface area (Å²) in [4.78, 5) is 26.4. The van der Waals surface area contributed by atoms with Gasteiger partial charge >= 0.3 is 5.69 Å². The second kappa shape index (κ2) is 5.36. The number of aromatic amines is 2. The Balaban J connectivity index is 2.16. The molecule has 0 aliphatic carbocycles. The maximum absolute atomic E-state index is 11.5. The number of thiocarbonyl (C=S) groups is 1. The average Bonchev–Trinajstić information content (AvgIpc) is 2.35. The summed E-state index contributed by atoms with van der Waals surface area (Å²) in [6, 6.07) is 9.04. The average molecular weight is 278 g/mol. The summed E-state index contributed by atoms with van der Waals surface area (Å²) in [5.41, 5.74) is -1.07. The molecule has 19 heavy (non-hydrogen) atoms. The standard InChI is InChI=1S/C11H10N4O3S/c16-8-7(9(17)15-10(18)14-8)13-11(19)12-6-4-2-1-3-5-6/h1-5H,(H2,12,13,19)(H3,14,15,16,17,18). The summed E-state index contributed by atoms with van der Waals surface area (Å²) >= 11 is 4.99. The van der Waals surface area contributed by atoms with Crippen molar-refractivity contribution >= 4 is 28.7 Å². The highest BCUT2D eigenvalue weighted by atomic mass is 32.1. The minimum Gasteiger partial charge on any atom is -0.493 e. The van der Waals surface area contributed by atoms with E-state index in [2.05, 4.69) is 10.6 Å². The van der Waals surface area contributed by atoms with Gasteiger partial charge in [-0.1, -0.05) is 18.2 Å². The maximum Gasteiger partial charge on any atom is 0.328 e. The smallest absolute Gasteiger partial charge is 0.328 e. The largest absolute Gasteiger partial charge is 0.493 e. The molecule has 2 rings (SSSR count). The van der Waals surface area contributed by atoms with Crippen molar-refractivity contribution in [2.45, 2.75) is 0 Å². The number of nitrogens with one attached hydrogen (secondary N) is 4. The second-order valence-electron chi connectivity index (χ2n) is 3.58. The highest BCUT2D eigenvalue weighted by Gasteiger charge is 2.09. The van der Waals surface area contributed by atoms with Crippen LogP contribution in [0.1, 0.15) is 0 Å². The topological polar surface area (TPSA) is 110 Å². The molecule has 2 aromatic rings. The van der Waals surface area contributed by atoms with Crippen LogP contribution in [0, 0.1) is 0 Å². The van der Waals surface area contributed by atoms with Crippen LogP contribution in [-0.4, -0.2) is 20.2 Å². The molecule has 5 N–H and O–H groups in total. The fourth-order valence-electron chi connectivity index (χ4n) is 1.39. The molecule has 0 aliphatic heterocycles. The van der Waals surface area contributed by atoms with Gasteiger partial charge in [-0.3, -0.25) is 14.8 Å². The van der Waals surface area contributed by atoms with E-state index in [1.165, 1.54) is 0 Å². The van der Waals surface area contributed by atoms with Gasteiger partial charge in [-0.05, 0) is 24.4 Å². The van der Waals surface area contributed by atoms with E-state index in [0.717, 1.165) is 5.69 Å². The lowest BCUT2D eigenvalue weighted by molar-refractivity contribution is 0.451. The molecule has 0 radical (unpaired) electrons. The molecular weight excluding hydrogens is 268 g/mol. The normalized spacial score (nSPS) is 9.89. The molecule has 1 heterocycles. The quantitative estimate of drug-likeness (QED) is 0.514. The molecule has 0 unspecified atom stereocenters. The van der Waals surface area contributed by atoms with Crippen LogP contribution >= 0.6 is 12.2 Å². The SMILES string of the molecule is O=c1[nH]c(O)c(NC(=S)Nc2ccccc2)c(=O)[nH]1. The van der Waals surface area contributed by atoms with Crippen LogP contribution < -0.4 is 21.9 Å². The Morgan fingerprint density at radius 3 is 2.42 bits per heavy atom. The lowest BCUT2D eigenvalue weighted by Gasteiger charge is -2.10. The molecule has 7 nitrogen and oxygen atoms in total. The number of anilines is 2. The zero-order chi connectivity index (χ0) is 13.8. The van der Waals surface area contributed by atoms with Crippen molar-refractivity contribution in [2.24, 2.45) is 0 Å². The Labute approximate surface area is 112 Å². The molecule has 0 amide bonds. The Kier molecular flexibility index (Phi) is 3.62. The predicted molar refractivity (Wildman–Crippen MR) is 75.6 cm³/mol. The van der Waals surface area contributed by atoms with Crippen LogP contribution in [0.25, 0.3) is 0 Å². The highest BCUT2D eigenvalue weighted by Crippen LogP contribution is 2.12. The molecule has 1 aromatic heterocycles. The number of H-pyrrole nitrogens is 2. The molecule has 0 atom stereocenters. The lowest BCUT2D eigenvalue weighted by Crippen LogP contribution is -2.28. The minimum atomic E-state index is -0.796.